The molecule has 0 aliphatic heterocycles. The number of carbonyl (C=O) groups excluding carboxylic acids is 1. The molecule has 2 aliphatic carbocycles. The molecule has 0 radical (unpaired) electrons. The van der Waals surface area contributed by atoms with E-state index in [1.807, 2.05) is 0 Å². The molecule has 2 aliphatic rings. The van der Waals surface area contributed by atoms with E-state index in [9.17, 15) is 9.59 Å². The van der Waals surface area contributed by atoms with E-state index in [1.165, 1.54) is 6.42 Å². The maximum atomic E-state index is 12.3. The fourth-order valence-corrected chi connectivity index (χ4v) is 3.69. The first-order valence-electron chi connectivity index (χ1n) is 7.98. The molecular formula is C17H18N4O2. The van der Waals surface area contributed by atoms with Crippen LogP contribution in [0.25, 0.3) is 10.9 Å². The molecule has 1 aromatic carbocycles. The molecular weight excluding hydrogens is 292 g/mol. The number of rotatable bonds is 4. The Morgan fingerprint density at radius 1 is 1.26 bits per heavy atom. The van der Waals surface area contributed by atoms with Gasteiger partial charge in [-0.3, -0.25) is 9.59 Å². The van der Waals surface area contributed by atoms with Crippen molar-refractivity contribution in [2.75, 3.05) is 6.54 Å². The van der Waals surface area contributed by atoms with Gasteiger partial charge in [-0.25, -0.2) is 4.68 Å². The van der Waals surface area contributed by atoms with Gasteiger partial charge in [0.2, 0.25) is 5.91 Å². The number of nitrogens with zero attached hydrogens (tertiary/aromatic N) is 3. The number of amides is 1. The summed E-state index contributed by atoms with van der Waals surface area (Å²) < 4.78 is 1.12. The minimum atomic E-state index is -0.284. The summed E-state index contributed by atoms with van der Waals surface area (Å²) in [6.45, 7) is 0.577. The number of fused-ring (bicyclic) bond motifs is 3. The summed E-state index contributed by atoms with van der Waals surface area (Å²) >= 11 is 0. The van der Waals surface area contributed by atoms with E-state index in [0.29, 0.717) is 35.2 Å². The molecule has 2 bridgehead atoms. The average Bonchev–Trinajstić information content (AvgIpc) is 3.19. The fraction of sp³-hybridized carbons (Fsp3) is 0.412. The lowest BCUT2D eigenvalue weighted by molar-refractivity contribution is -0.122. The van der Waals surface area contributed by atoms with Crippen molar-refractivity contribution in [3.8, 4) is 0 Å². The second-order valence-corrected chi connectivity index (χ2v) is 6.41. The van der Waals surface area contributed by atoms with Gasteiger partial charge in [0, 0.05) is 6.54 Å². The molecule has 1 saturated carbocycles. The van der Waals surface area contributed by atoms with Gasteiger partial charge >= 0.3 is 0 Å². The Morgan fingerprint density at radius 2 is 2.13 bits per heavy atom. The zero-order valence-corrected chi connectivity index (χ0v) is 12.7. The van der Waals surface area contributed by atoms with Crippen LogP contribution in [-0.4, -0.2) is 27.4 Å². The zero-order chi connectivity index (χ0) is 15.8. The minimum Gasteiger partial charge on any atom is -0.354 e. The van der Waals surface area contributed by atoms with Crippen LogP contribution in [0.15, 0.2) is 41.2 Å². The molecule has 1 fully saturated rings. The van der Waals surface area contributed by atoms with Gasteiger partial charge in [-0.1, -0.05) is 29.5 Å². The lowest BCUT2D eigenvalue weighted by Gasteiger charge is -2.18. The smallest absolute Gasteiger partial charge is 0.278 e. The topological polar surface area (TPSA) is 76.9 Å². The van der Waals surface area contributed by atoms with Gasteiger partial charge < -0.3 is 5.32 Å². The largest absolute Gasteiger partial charge is 0.354 e. The monoisotopic (exact) mass is 310 g/mol. The summed E-state index contributed by atoms with van der Waals surface area (Å²) in [6.07, 6.45) is 6.92. The first-order valence-corrected chi connectivity index (χ1v) is 7.98. The fourth-order valence-electron chi connectivity index (χ4n) is 3.69. The van der Waals surface area contributed by atoms with Crippen molar-refractivity contribution >= 4 is 16.8 Å². The summed E-state index contributed by atoms with van der Waals surface area (Å²) in [5.41, 5.74) is 0.261. The number of benzene rings is 1. The Labute approximate surface area is 133 Å². The van der Waals surface area contributed by atoms with Gasteiger partial charge in [-0.15, -0.1) is 5.10 Å². The summed E-state index contributed by atoms with van der Waals surface area (Å²) in [5, 5.41) is 11.2. The molecule has 1 amide bonds. The first-order chi connectivity index (χ1) is 11.2. The van der Waals surface area contributed by atoms with Crippen LogP contribution in [0.3, 0.4) is 0 Å². The normalized spacial score (nSPS) is 25.1. The summed E-state index contributed by atoms with van der Waals surface area (Å²) in [5.74, 6) is 1.62. The summed E-state index contributed by atoms with van der Waals surface area (Å²) in [4.78, 5) is 24.4. The standard InChI is InChI=1S/C17H18N4O2/c22-16(18-9-13-8-11-5-6-12(13)7-11)10-21-17(23)14-3-1-2-4-15(14)19-20-21/h1-6,11-13H,7-10H2,(H,18,22)/t11-,12-,13+/m1/s1. The number of hydrogen-bond donors (Lipinski definition) is 1. The maximum Gasteiger partial charge on any atom is 0.278 e. The molecule has 1 heterocycles. The number of hydrogen-bond acceptors (Lipinski definition) is 4. The van der Waals surface area contributed by atoms with Gasteiger partial charge in [0.25, 0.3) is 5.56 Å². The van der Waals surface area contributed by atoms with Crippen LogP contribution in [0.5, 0.6) is 0 Å². The van der Waals surface area contributed by atoms with Crippen molar-refractivity contribution in [1.29, 1.82) is 0 Å². The Balaban J connectivity index is 1.42. The van der Waals surface area contributed by atoms with Crippen molar-refractivity contribution in [2.45, 2.75) is 19.4 Å². The van der Waals surface area contributed by atoms with Gasteiger partial charge in [0.15, 0.2) is 0 Å². The highest BCUT2D eigenvalue weighted by Gasteiger charge is 2.35. The highest BCUT2D eigenvalue weighted by atomic mass is 16.2. The average molecular weight is 310 g/mol. The van der Waals surface area contributed by atoms with Crippen molar-refractivity contribution in [3.05, 3.63) is 46.8 Å². The van der Waals surface area contributed by atoms with E-state index in [0.717, 1.165) is 11.1 Å². The molecule has 0 spiro atoms. The van der Waals surface area contributed by atoms with E-state index in [2.05, 4.69) is 27.8 Å². The number of allylic oxidation sites excluding steroid dienone is 2. The Kier molecular flexibility index (Phi) is 3.44. The van der Waals surface area contributed by atoms with Crippen LogP contribution < -0.4 is 10.9 Å². The Morgan fingerprint density at radius 3 is 2.91 bits per heavy atom. The highest BCUT2D eigenvalue weighted by molar-refractivity contribution is 5.78. The van der Waals surface area contributed by atoms with Gasteiger partial charge in [-0.2, -0.15) is 0 Å². The van der Waals surface area contributed by atoms with E-state index < -0.39 is 0 Å². The lowest BCUT2D eigenvalue weighted by Crippen LogP contribution is -2.37. The van der Waals surface area contributed by atoms with Gasteiger partial charge in [0.1, 0.15) is 12.1 Å². The number of nitrogens with one attached hydrogen (secondary N) is 1. The molecule has 1 aromatic heterocycles. The van der Waals surface area contributed by atoms with Crippen LogP contribution in [-0.2, 0) is 11.3 Å². The predicted molar refractivity (Wildman–Crippen MR) is 85.7 cm³/mol. The third-order valence-corrected chi connectivity index (χ3v) is 4.90. The molecule has 4 rings (SSSR count). The Hall–Kier alpha value is -2.50. The minimum absolute atomic E-state index is 0.0900. The maximum absolute atomic E-state index is 12.3. The van der Waals surface area contributed by atoms with E-state index in [4.69, 9.17) is 0 Å². The molecule has 3 atom stereocenters. The third kappa shape index (κ3) is 2.65. The zero-order valence-electron chi connectivity index (χ0n) is 12.7. The molecule has 0 unspecified atom stereocenters. The van der Waals surface area contributed by atoms with Gasteiger partial charge in [-0.05, 0) is 42.7 Å². The number of aromatic nitrogens is 3. The first kappa shape index (κ1) is 14.1. The molecule has 118 valence electrons. The van der Waals surface area contributed by atoms with Crippen LogP contribution in [0.4, 0.5) is 0 Å². The molecule has 1 N–H and O–H groups in total. The molecule has 6 nitrogen and oxygen atoms in total. The predicted octanol–water partition coefficient (Wildman–Crippen LogP) is 1.12. The molecule has 6 heteroatoms. The van der Waals surface area contributed by atoms with Crippen LogP contribution >= 0.6 is 0 Å². The van der Waals surface area contributed by atoms with Crippen molar-refractivity contribution < 1.29 is 4.79 Å². The quantitative estimate of drug-likeness (QED) is 0.859. The van der Waals surface area contributed by atoms with Crippen LogP contribution in [0.2, 0.25) is 0 Å². The summed E-state index contributed by atoms with van der Waals surface area (Å²) in [7, 11) is 0. The lowest BCUT2D eigenvalue weighted by atomic mass is 9.94. The van der Waals surface area contributed by atoms with E-state index >= 15 is 0 Å². The Bertz CT molecular complexity index is 842. The highest BCUT2D eigenvalue weighted by Crippen LogP contribution is 2.42. The number of carbonyl (C=O) groups is 1. The molecule has 2 aromatic rings. The van der Waals surface area contributed by atoms with Crippen molar-refractivity contribution in [1.82, 2.24) is 20.3 Å². The summed E-state index contributed by atoms with van der Waals surface area (Å²) in [6, 6.07) is 7.01. The third-order valence-electron chi connectivity index (χ3n) is 4.90. The molecule has 0 saturated heterocycles. The van der Waals surface area contributed by atoms with E-state index in [1.54, 1.807) is 24.3 Å². The van der Waals surface area contributed by atoms with Crippen LogP contribution in [0, 0.1) is 17.8 Å². The second kappa shape index (κ2) is 5.61. The van der Waals surface area contributed by atoms with Crippen LogP contribution in [0.1, 0.15) is 12.8 Å². The van der Waals surface area contributed by atoms with Crippen molar-refractivity contribution in [2.24, 2.45) is 17.8 Å². The van der Waals surface area contributed by atoms with Gasteiger partial charge in [0.05, 0.1) is 5.39 Å². The SMILES string of the molecule is O=C(Cn1nnc2ccccc2c1=O)NC[C@@H]1C[C@@H]2C=C[C@@H]1C2. The second-order valence-electron chi connectivity index (χ2n) is 6.41. The molecule has 23 heavy (non-hydrogen) atoms. The van der Waals surface area contributed by atoms with E-state index in [-0.39, 0.29) is 18.0 Å². The van der Waals surface area contributed by atoms with Crippen molar-refractivity contribution in [3.63, 3.8) is 0 Å².